The van der Waals surface area contributed by atoms with Crippen LogP contribution in [0.25, 0.3) is 0 Å². The lowest BCUT2D eigenvalue weighted by atomic mass is 10.0. The third-order valence-electron chi connectivity index (χ3n) is 3.61. The van der Waals surface area contributed by atoms with E-state index in [1.807, 2.05) is 0 Å². The second kappa shape index (κ2) is 5.95. The monoisotopic (exact) mass is 311 g/mol. The lowest BCUT2D eigenvalue weighted by Crippen LogP contribution is -2.42. The number of carbonyl (C=O) groups excluding carboxylic acids is 1. The maximum Gasteiger partial charge on any atom is 0.307 e. The Morgan fingerprint density at radius 3 is 2.67 bits per heavy atom. The van der Waals surface area contributed by atoms with Crippen molar-refractivity contribution in [3.05, 3.63) is 29.8 Å². The van der Waals surface area contributed by atoms with E-state index in [1.54, 1.807) is 6.07 Å². The minimum absolute atomic E-state index is 0.0258. The zero-order valence-corrected chi connectivity index (χ0v) is 12.5. The van der Waals surface area contributed by atoms with Gasteiger partial charge in [-0.1, -0.05) is 12.1 Å². The van der Waals surface area contributed by atoms with Crippen LogP contribution < -0.4 is 0 Å². The highest BCUT2D eigenvalue weighted by atomic mass is 32.2. The fourth-order valence-corrected chi connectivity index (χ4v) is 3.96. The maximum atomic E-state index is 12.6. The lowest BCUT2D eigenvalue weighted by molar-refractivity contribution is -0.142. The van der Waals surface area contributed by atoms with Crippen molar-refractivity contribution in [2.24, 2.45) is 5.92 Å². The lowest BCUT2D eigenvalue weighted by Gasteiger charge is -2.29. The average Bonchev–Trinajstić information content (AvgIpc) is 2.47. The van der Waals surface area contributed by atoms with Crippen LogP contribution in [0.4, 0.5) is 0 Å². The second-order valence-corrected chi connectivity index (χ2v) is 7.06. The molecule has 21 heavy (non-hydrogen) atoms. The van der Waals surface area contributed by atoms with E-state index in [9.17, 15) is 18.0 Å². The molecule has 2 rings (SSSR count). The summed E-state index contributed by atoms with van der Waals surface area (Å²) in [5.41, 5.74) is 0.322. The highest BCUT2D eigenvalue weighted by Gasteiger charge is 2.33. The molecule has 1 aliphatic rings. The molecule has 1 heterocycles. The Bertz CT molecular complexity index is 668. The molecule has 1 fully saturated rings. The molecule has 1 aromatic rings. The molecule has 1 aromatic carbocycles. The van der Waals surface area contributed by atoms with E-state index in [4.69, 9.17) is 5.11 Å². The number of hydrogen-bond acceptors (Lipinski definition) is 4. The van der Waals surface area contributed by atoms with Gasteiger partial charge in [0.15, 0.2) is 5.78 Å². The maximum absolute atomic E-state index is 12.6. The summed E-state index contributed by atoms with van der Waals surface area (Å²) in [6.45, 7) is 1.64. The predicted octanol–water partition coefficient (Wildman–Crippen LogP) is 1.37. The number of Topliss-reactive ketones (excluding diaryl/α,β-unsaturated/α-hetero) is 1. The minimum Gasteiger partial charge on any atom is -0.481 e. The van der Waals surface area contributed by atoms with E-state index in [0.29, 0.717) is 24.9 Å². The van der Waals surface area contributed by atoms with Gasteiger partial charge in [0.1, 0.15) is 0 Å². The van der Waals surface area contributed by atoms with Gasteiger partial charge in [0.25, 0.3) is 0 Å². The Morgan fingerprint density at radius 1 is 1.33 bits per heavy atom. The molecule has 0 saturated carbocycles. The van der Waals surface area contributed by atoms with Crippen LogP contribution >= 0.6 is 0 Å². The topological polar surface area (TPSA) is 91.8 Å². The molecular weight excluding hydrogens is 294 g/mol. The molecule has 1 N–H and O–H groups in total. The normalized spacial score (nSPS) is 20.1. The van der Waals surface area contributed by atoms with Crippen molar-refractivity contribution in [3.8, 4) is 0 Å². The van der Waals surface area contributed by atoms with Crippen molar-refractivity contribution < 1.29 is 23.1 Å². The molecule has 0 radical (unpaired) electrons. The van der Waals surface area contributed by atoms with E-state index < -0.39 is 21.9 Å². The predicted molar refractivity (Wildman–Crippen MR) is 75.6 cm³/mol. The zero-order chi connectivity index (χ0) is 15.6. The molecule has 0 aromatic heterocycles. The van der Waals surface area contributed by atoms with Gasteiger partial charge < -0.3 is 5.11 Å². The number of hydrogen-bond donors (Lipinski definition) is 1. The first-order valence-electron chi connectivity index (χ1n) is 6.66. The molecule has 114 valence electrons. The quantitative estimate of drug-likeness (QED) is 0.848. The third-order valence-corrected chi connectivity index (χ3v) is 5.47. The molecule has 1 atom stereocenters. The molecule has 1 unspecified atom stereocenters. The van der Waals surface area contributed by atoms with Gasteiger partial charge in [-0.25, -0.2) is 8.42 Å². The number of carboxylic acid groups (broad SMARTS) is 1. The Labute approximate surface area is 123 Å². The number of nitrogens with zero attached hydrogens (tertiary/aromatic N) is 1. The molecular formula is C14H17NO5S. The average molecular weight is 311 g/mol. The van der Waals surface area contributed by atoms with Crippen LogP contribution in [-0.4, -0.2) is 42.7 Å². The van der Waals surface area contributed by atoms with E-state index in [-0.39, 0.29) is 17.2 Å². The Morgan fingerprint density at radius 2 is 2.05 bits per heavy atom. The Hall–Kier alpha value is -1.73. The standard InChI is InChI=1S/C14H17NO5S/c1-10(16)11-4-2-6-13(8-11)21(19,20)15-7-3-5-12(9-15)14(17)18/h2,4,6,8,12H,3,5,7,9H2,1H3,(H,17,18). The molecule has 0 bridgehead atoms. The Balaban J connectivity index is 2.31. The summed E-state index contributed by atoms with van der Waals surface area (Å²) >= 11 is 0. The van der Waals surface area contributed by atoms with E-state index >= 15 is 0 Å². The number of ketones is 1. The number of sulfonamides is 1. The SMILES string of the molecule is CC(=O)c1cccc(S(=O)(=O)N2CCCC(C(=O)O)C2)c1. The van der Waals surface area contributed by atoms with Crippen LogP contribution in [0.5, 0.6) is 0 Å². The van der Waals surface area contributed by atoms with Crippen LogP contribution in [0, 0.1) is 5.92 Å². The van der Waals surface area contributed by atoms with E-state index in [1.165, 1.54) is 29.4 Å². The van der Waals surface area contributed by atoms with Gasteiger partial charge in [0.05, 0.1) is 10.8 Å². The van der Waals surface area contributed by atoms with Crippen LogP contribution in [-0.2, 0) is 14.8 Å². The van der Waals surface area contributed by atoms with Gasteiger partial charge in [0, 0.05) is 18.7 Å². The van der Waals surface area contributed by atoms with Crippen LogP contribution in [0.15, 0.2) is 29.2 Å². The minimum atomic E-state index is -3.77. The van der Waals surface area contributed by atoms with Crippen molar-refractivity contribution in [2.75, 3.05) is 13.1 Å². The summed E-state index contributed by atoms with van der Waals surface area (Å²) in [5, 5.41) is 9.04. The molecule has 1 saturated heterocycles. The summed E-state index contributed by atoms with van der Waals surface area (Å²) in [5.74, 6) is -1.87. The van der Waals surface area contributed by atoms with Gasteiger partial charge in [-0.3, -0.25) is 9.59 Å². The molecule has 6 nitrogen and oxygen atoms in total. The fourth-order valence-electron chi connectivity index (χ4n) is 2.39. The molecule has 0 spiro atoms. The third kappa shape index (κ3) is 3.30. The van der Waals surface area contributed by atoms with Gasteiger partial charge in [-0.15, -0.1) is 0 Å². The van der Waals surface area contributed by atoms with E-state index in [2.05, 4.69) is 0 Å². The first-order chi connectivity index (χ1) is 9.82. The molecule has 1 aliphatic heterocycles. The smallest absolute Gasteiger partial charge is 0.307 e. The van der Waals surface area contributed by atoms with Crippen molar-refractivity contribution >= 4 is 21.8 Å². The number of rotatable bonds is 4. The molecule has 0 amide bonds. The number of piperidine rings is 1. The zero-order valence-electron chi connectivity index (χ0n) is 11.7. The summed E-state index contributed by atoms with van der Waals surface area (Å²) in [6.07, 6.45) is 0.997. The van der Waals surface area contributed by atoms with E-state index in [0.717, 1.165) is 0 Å². The van der Waals surface area contributed by atoms with Crippen LogP contribution in [0.2, 0.25) is 0 Å². The summed E-state index contributed by atoms with van der Waals surface area (Å²) in [4.78, 5) is 22.4. The summed E-state index contributed by atoms with van der Waals surface area (Å²) in [7, 11) is -3.77. The molecule has 0 aliphatic carbocycles. The highest BCUT2D eigenvalue weighted by molar-refractivity contribution is 7.89. The Kier molecular flexibility index (Phi) is 4.43. The highest BCUT2D eigenvalue weighted by Crippen LogP contribution is 2.24. The van der Waals surface area contributed by atoms with Crippen LogP contribution in [0.3, 0.4) is 0 Å². The first kappa shape index (κ1) is 15.7. The van der Waals surface area contributed by atoms with Crippen molar-refractivity contribution in [1.29, 1.82) is 0 Å². The number of carbonyl (C=O) groups is 2. The van der Waals surface area contributed by atoms with Gasteiger partial charge in [-0.05, 0) is 31.9 Å². The number of aliphatic carboxylic acids is 1. The van der Waals surface area contributed by atoms with Gasteiger partial charge in [-0.2, -0.15) is 4.31 Å². The summed E-state index contributed by atoms with van der Waals surface area (Å²) < 4.78 is 26.3. The van der Waals surface area contributed by atoms with Crippen molar-refractivity contribution in [3.63, 3.8) is 0 Å². The van der Waals surface area contributed by atoms with Gasteiger partial charge >= 0.3 is 5.97 Å². The number of carboxylic acids is 1. The summed E-state index contributed by atoms with van der Waals surface area (Å²) in [6, 6.07) is 5.83. The first-order valence-corrected chi connectivity index (χ1v) is 8.10. The number of benzene rings is 1. The molecule has 7 heteroatoms. The fraction of sp³-hybridized carbons (Fsp3) is 0.429. The van der Waals surface area contributed by atoms with Crippen molar-refractivity contribution in [2.45, 2.75) is 24.7 Å². The van der Waals surface area contributed by atoms with Crippen molar-refractivity contribution in [1.82, 2.24) is 4.31 Å². The van der Waals surface area contributed by atoms with Gasteiger partial charge in [0.2, 0.25) is 10.0 Å². The largest absolute Gasteiger partial charge is 0.481 e. The second-order valence-electron chi connectivity index (χ2n) is 5.12. The van der Waals surface area contributed by atoms with Crippen LogP contribution in [0.1, 0.15) is 30.1 Å².